The van der Waals surface area contributed by atoms with Crippen molar-refractivity contribution in [1.82, 2.24) is 4.90 Å². The number of piperidine rings is 1. The van der Waals surface area contributed by atoms with Gasteiger partial charge >= 0.3 is 5.97 Å². The summed E-state index contributed by atoms with van der Waals surface area (Å²) in [6.07, 6.45) is 1.65. The van der Waals surface area contributed by atoms with E-state index < -0.39 is 5.97 Å². The average molecular weight is 217 g/mol. The molecule has 1 N–H and O–H groups in total. The van der Waals surface area contributed by atoms with Gasteiger partial charge in [0.15, 0.2) is 0 Å². The van der Waals surface area contributed by atoms with E-state index in [-0.39, 0.29) is 5.92 Å². The van der Waals surface area contributed by atoms with Crippen LogP contribution in [-0.4, -0.2) is 35.6 Å². The van der Waals surface area contributed by atoms with Crippen LogP contribution in [0.4, 0.5) is 0 Å². The first-order valence-corrected chi connectivity index (χ1v) is 6.19. The SMILES string of the molecule is CC.CC.CCN1CCC(C(=O)O)CC1. The quantitative estimate of drug-likeness (QED) is 0.773. The lowest BCUT2D eigenvalue weighted by molar-refractivity contribution is -0.143. The average Bonchev–Trinajstić information content (AvgIpc) is 2.34. The molecule has 3 nitrogen and oxygen atoms in total. The van der Waals surface area contributed by atoms with Crippen molar-refractivity contribution in [1.29, 1.82) is 0 Å². The number of rotatable bonds is 2. The molecule has 1 rings (SSSR count). The van der Waals surface area contributed by atoms with Gasteiger partial charge in [-0.2, -0.15) is 0 Å². The van der Waals surface area contributed by atoms with Gasteiger partial charge in [0.1, 0.15) is 0 Å². The third-order valence-electron chi connectivity index (χ3n) is 2.38. The number of likely N-dealkylation sites (tertiary alicyclic amines) is 1. The van der Waals surface area contributed by atoms with Gasteiger partial charge in [0.05, 0.1) is 5.92 Å². The molecule has 0 aromatic rings. The zero-order chi connectivity index (χ0) is 12.3. The number of carbonyl (C=O) groups is 1. The first-order chi connectivity index (χ1) is 7.24. The fourth-order valence-corrected chi connectivity index (χ4v) is 1.50. The lowest BCUT2D eigenvalue weighted by Gasteiger charge is -2.28. The Morgan fingerprint density at radius 1 is 1.20 bits per heavy atom. The Morgan fingerprint density at radius 3 is 1.87 bits per heavy atom. The van der Waals surface area contributed by atoms with E-state index in [1.165, 1.54) is 0 Å². The molecule has 3 heteroatoms. The maximum absolute atomic E-state index is 10.5. The van der Waals surface area contributed by atoms with Gasteiger partial charge in [-0.1, -0.05) is 34.6 Å². The van der Waals surface area contributed by atoms with Crippen molar-refractivity contribution in [2.45, 2.75) is 47.5 Å². The second kappa shape index (κ2) is 11.5. The van der Waals surface area contributed by atoms with Crippen LogP contribution < -0.4 is 0 Å². The molecule has 0 bridgehead atoms. The van der Waals surface area contributed by atoms with Crippen molar-refractivity contribution in [3.05, 3.63) is 0 Å². The van der Waals surface area contributed by atoms with Gasteiger partial charge in [0, 0.05) is 0 Å². The minimum atomic E-state index is -0.624. The number of carboxylic acids is 1. The van der Waals surface area contributed by atoms with E-state index in [0.29, 0.717) is 0 Å². The minimum Gasteiger partial charge on any atom is -0.481 e. The van der Waals surface area contributed by atoms with Crippen LogP contribution in [0.2, 0.25) is 0 Å². The fraction of sp³-hybridized carbons (Fsp3) is 0.917. The normalized spacial score (nSPS) is 16.9. The molecule has 0 radical (unpaired) electrons. The van der Waals surface area contributed by atoms with Gasteiger partial charge in [-0.3, -0.25) is 4.79 Å². The molecule has 1 aliphatic heterocycles. The number of hydrogen-bond donors (Lipinski definition) is 1. The van der Waals surface area contributed by atoms with Crippen LogP contribution in [0, 0.1) is 5.92 Å². The summed E-state index contributed by atoms with van der Waals surface area (Å²) in [5.74, 6) is -0.710. The summed E-state index contributed by atoms with van der Waals surface area (Å²) < 4.78 is 0. The molecule has 92 valence electrons. The molecule has 0 saturated carbocycles. The van der Waals surface area contributed by atoms with Crippen LogP contribution >= 0.6 is 0 Å². The molecule has 0 amide bonds. The highest BCUT2D eigenvalue weighted by molar-refractivity contribution is 5.70. The first kappa shape index (κ1) is 16.8. The van der Waals surface area contributed by atoms with Gasteiger partial charge in [0.25, 0.3) is 0 Å². The van der Waals surface area contributed by atoms with Crippen LogP contribution in [0.25, 0.3) is 0 Å². The van der Waals surface area contributed by atoms with Crippen molar-refractivity contribution in [2.24, 2.45) is 5.92 Å². The summed E-state index contributed by atoms with van der Waals surface area (Å²) in [4.78, 5) is 12.8. The van der Waals surface area contributed by atoms with Crippen molar-refractivity contribution in [2.75, 3.05) is 19.6 Å². The monoisotopic (exact) mass is 217 g/mol. The molecule has 1 aliphatic rings. The van der Waals surface area contributed by atoms with E-state index in [1.54, 1.807) is 0 Å². The van der Waals surface area contributed by atoms with Crippen LogP contribution in [0.5, 0.6) is 0 Å². The van der Waals surface area contributed by atoms with Gasteiger partial charge in [-0.25, -0.2) is 0 Å². The Hall–Kier alpha value is -0.570. The van der Waals surface area contributed by atoms with Crippen LogP contribution in [0.3, 0.4) is 0 Å². The fourth-order valence-electron chi connectivity index (χ4n) is 1.50. The summed E-state index contributed by atoms with van der Waals surface area (Å²) in [5, 5.41) is 8.68. The lowest BCUT2D eigenvalue weighted by Crippen LogP contribution is -2.35. The highest BCUT2D eigenvalue weighted by Crippen LogP contribution is 2.16. The van der Waals surface area contributed by atoms with E-state index >= 15 is 0 Å². The second-order valence-electron chi connectivity index (χ2n) is 3.05. The Kier molecular flexibility index (Phi) is 12.9. The van der Waals surface area contributed by atoms with E-state index in [4.69, 9.17) is 5.11 Å². The van der Waals surface area contributed by atoms with Crippen molar-refractivity contribution < 1.29 is 9.90 Å². The molecule has 1 fully saturated rings. The van der Waals surface area contributed by atoms with Crippen molar-refractivity contribution in [3.63, 3.8) is 0 Å². The van der Waals surface area contributed by atoms with E-state index in [2.05, 4.69) is 11.8 Å². The van der Waals surface area contributed by atoms with E-state index in [0.717, 1.165) is 32.5 Å². The predicted molar refractivity (Wildman–Crippen MR) is 65.2 cm³/mol. The number of hydrogen-bond acceptors (Lipinski definition) is 2. The molecule has 0 atom stereocenters. The van der Waals surface area contributed by atoms with Crippen LogP contribution in [0.1, 0.15) is 47.5 Å². The van der Waals surface area contributed by atoms with Gasteiger partial charge in [-0.05, 0) is 32.5 Å². The maximum atomic E-state index is 10.5. The Labute approximate surface area is 94.5 Å². The summed E-state index contributed by atoms with van der Waals surface area (Å²) in [5.41, 5.74) is 0. The molecular formula is C12H27NO2. The Morgan fingerprint density at radius 2 is 1.60 bits per heavy atom. The lowest BCUT2D eigenvalue weighted by atomic mass is 9.97. The topological polar surface area (TPSA) is 40.5 Å². The second-order valence-corrected chi connectivity index (χ2v) is 3.05. The summed E-state index contributed by atoms with van der Waals surface area (Å²) in [7, 11) is 0. The van der Waals surface area contributed by atoms with Gasteiger partial charge in [-0.15, -0.1) is 0 Å². The molecular weight excluding hydrogens is 190 g/mol. The highest BCUT2D eigenvalue weighted by Gasteiger charge is 2.23. The van der Waals surface area contributed by atoms with Gasteiger partial charge in [0.2, 0.25) is 0 Å². The molecule has 0 unspecified atom stereocenters. The molecule has 0 aliphatic carbocycles. The molecule has 15 heavy (non-hydrogen) atoms. The predicted octanol–water partition coefficient (Wildman–Crippen LogP) is 2.86. The third kappa shape index (κ3) is 7.37. The number of carboxylic acid groups (broad SMARTS) is 1. The molecule has 1 heterocycles. The highest BCUT2D eigenvalue weighted by atomic mass is 16.4. The van der Waals surface area contributed by atoms with Gasteiger partial charge < -0.3 is 10.0 Å². The molecule has 1 saturated heterocycles. The smallest absolute Gasteiger partial charge is 0.306 e. The number of aliphatic carboxylic acids is 1. The summed E-state index contributed by atoms with van der Waals surface area (Å²) in [6, 6.07) is 0. The molecule has 0 aromatic carbocycles. The van der Waals surface area contributed by atoms with Crippen LogP contribution in [0.15, 0.2) is 0 Å². The van der Waals surface area contributed by atoms with Crippen LogP contribution in [-0.2, 0) is 4.79 Å². The zero-order valence-corrected chi connectivity index (χ0v) is 10.9. The Bertz CT molecular complexity index is 141. The Balaban J connectivity index is 0. The summed E-state index contributed by atoms with van der Waals surface area (Å²) in [6.45, 7) is 13.1. The maximum Gasteiger partial charge on any atom is 0.306 e. The third-order valence-corrected chi connectivity index (χ3v) is 2.38. The largest absolute Gasteiger partial charge is 0.481 e. The number of nitrogens with zero attached hydrogens (tertiary/aromatic N) is 1. The molecule has 0 spiro atoms. The molecule has 0 aromatic heterocycles. The van der Waals surface area contributed by atoms with Crippen molar-refractivity contribution >= 4 is 5.97 Å². The first-order valence-electron chi connectivity index (χ1n) is 6.19. The van der Waals surface area contributed by atoms with E-state index in [1.807, 2.05) is 27.7 Å². The standard InChI is InChI=1S/C8H15NO2.2C2H6/c1-2-9-5-3-7(4-6-9)8(10)11;2*1-2/h7H,2-6H2,1H3,(H,10,11);2*1-2H3. The zero-order valence-electron chi connectivity index (χ0n) is 10.9. The van der Waals surface area contributed by atoms with Crippen molar-refractivity contribution in [3.8, 4) is 0 Å². The van der Waals surface area contributed by atoms with E-state index in [9.17, 15) is 4.79 Å². The minimum absolute atomic E-state index is 0.0854. The summed E-state index contributed by atoms with van der Waals surface area (Å²) >= 11 is 0.